The molecule has 2 aromatic carbocycles. The predicted octanol–water partition coefficient (Wildman–Crippen LogP) is 3.40. The molecule has 0 aromatic heterocycles. The number of phenolic OH excluding ortho intramolecular Hbond substituents is 1. The second kappa shape index (κ2) is 7.62. The van der Waals surface area contributed by atoms with Crippen molar-refractivity contribution in [1.29, 1.82) is 0 Å². The first-order valence-corrected chi connectivity index (χ1v) is 10.1. The van der Waals surface area contributed by atoms with Crippen LogP contribution in [-0.4, -0.2) is 29.6 Å². The molecule has 0 saturated heterocycles. The van der Waals surface area contributed by atoms with Crippen molar-refractivity contribution in [2.75, 3.05) is 11.1 Å². The van der Waals surface area contributed by atoms with Gasteiger partial charge < -0.3 is 16.2 Å². The van der Waals surface area contributed by atoms with E-state index in [4.69, 9.17) is 5.73 Å². The number of nitrogens with one attached hydrogen (secondary N) is 1. The Morgan fingerprint density at radius 1 is 1.07 bits per heavy atom. The molecule has 0 spiro atoms. The number of fused-ring (bicyclic) bond motifs is 1. The SMILES string of the molecule is C=C/C=C1/C(=O)c2c(N)c(S(=O)(=O)O)cc(Nc3ccccc3O)c2C(=O)/C1=C/C. The number of rotatable bonds is 4. The lowest BCUT2D eigenvalue weighted by atomic mass is 9.80. The van der Waals surface area contributed by atoms with Gasteiger partial charge in [0.1, 0.15) is 10.6 Å². The molecule has 0 fully saturated rings. The third kappa shape index (κ3) is 3.40. The Bertz CT molecular complexity index is 1270. The second-order valence-corrected chi connectivity index (χ2v) is 7.77. The smallest absolute Gasteiger partial charge is 0.296 e. The van der Waals surface area contributed by atoms with E-state index in [1.165, 1.54) is 30.4 Å². The fraction of sp³-hybridized carbons (Fsp3) is 0.0476. The fourth-order valence-electron chi connectivity index (χ4n) is 3.27. The number of carbonyl (C=O) groups excluding carboxylic acids is 2. The standard InChI is InChI=1S/C21H18N2O6S/c1-3-7-12-11(4-2)20(25)17-14(23-13-8-5-6-9-15(13)24)10-16(30(27,28)29)19(22)18(17)21(12)26/h3-10,23-24H,1,22H2,2H3,(H,27,28,29)/b11-4+,12-7+. The van der Waals surface area contributed by atoms with Crippen molar-refractivity contribution in [2.45, 2.75) is 11.8 Å². The van der Waals surface area contributed by atoms with Crippen molar-refractivity contribution in [1.82, 2.24) is 0 Å². The van der Waals surface area contributed by atoms with Gasteiger partial charge in [0.05, 0.1) is 28.2 Å². The van der Waals surface area contributed by atoms with E-state index in [1.54, 1.807) is 19.1 Å². The summed E-state index contributed by atoms with van der Waals surface area (Å²) in [4.78, 5) is 25.6. The molecule has 3 rings (SSSR count). The van der Waals surface area contributed by atoms with Gasteiger partial charge >= 0.3 is 0 Å². The van der Waals surface area contributed by atoms with Crippen molar-refractivity contribution in [3.8, 4) is 5.75 Å². The number of hydrogen-bond donors (Lipinski definition) is 4. The fourth-order valence-corrected chi connectivity index (χ4v) is 3.91. The first kappa shape index (κ1) is 21.0. The van der Waals surface area contributed by atoms with Crippen LogP contribution in [0.15, 0.2) is 71.2 Å². The number of carbonyl (C=O) groups is 2. The highest BCUT2D eigenvalue weighted by Crippen LogP contribution is 2.42. The molecule has 0 saturated carbocycles. The summed E-state index contributed by atoms with van der Waals surface area (Å²) in [5.41, 5.74) is 4.99. The van der Waals surface area contributed by atoms with Crippen LogP contribution in [0.25, 0.3) is 0 Å². The average Bonchev–Trinajstić information content (AvgIpc) is 2.68. The maximum absolute atomic E-state index is 13.2. The number of hydrogen-bond acceptors (Lipinski definition) is 7. The molecule has 30 heavy (non-hydrogen) atoms. The minimum absolute atomic E-state index is 0.00213. The molecule has 0 amide bonds. The van der Waals surface area contributed by atoms with E-state index in [1.807, 2.05) is 0 Å². The third-order valence-electron chi connectivity index (χ3n) is 4.59. The van der Waals surface area contributed by atoms with E-state index in [0.29, 0.717) is 0 Å². The van der Waals surface area contributed by atoms with E-state index >= 15 is 0 Å². The van der Waals surface area contributed by atoms with Crippen LogP contribution in [0.2, 0.25) is 0 Å². The summed E-state index contributed by atoms with van der Waals surface area (Å²) in [6.07, 6.45) is 4.10. The molecule has 0 unspecified atom stereocenters. The third-order valence-corrected chi connectivity index (χ3v) is 5.48. The number of ketones is 2. The molecule has 2 aromatic rings. The topological polar surface area (TPSA) is 147 Å². The Morgan fingerprint density at radius 2 is 1.70 bits per heavy atom. The maximum Gasteiger partial charge on any atom is 0.296 e. The Balaban J connectivity index is 2.42. The average molecular weight is 426 g/mol. The lowest BCUT2D eigenvalue weighted by Crippen LogP contribution is -2.26. The van der Waals surface area contributed by atoms with Crippen LogP contribution < -0.4 is 11.1 Å². The van der Waals surface area contributed by atoms with Crippen LogP contribution in [0, 0.1) is 0 Å². The number of nitrogens with two attached hydrogens (primary N) is 1. The first-order chi connectivity index (χ1) is 14.1. The number of nitrogen functional groups attached to an aromatic ring is 1. The van der Waals surface area contributed by atoms with E-state index in [-0.39, 0.29) is 39.4 Å². The van der Waals surface area contributed by atoms with Gasteiger partial charge in [-0.3, -0.25) is 14.1 Å². The van der Waals surface area contributed by atoms with E-state index in [0.717, 1.165) is 6.07 Å². The first-order valence-electron chi connectivity index (χ1n) is 8.69. The normalized spacial score (nSPS) is 16.6. The number of para-hydroxylation sites is 2. The molecular formula is C21H18N2O6S. The molecule has 1 aliphatic carbocycles. The zero-order valence-electron chi connectivity index (χ0n) is 15.8. The molecular weight excluding hydrogens is 408 g/mol. The predicted molar refractivity (Wildman–Crippen MR) is 113 cm³/mol. The quantitative estimate of drug-likeness (QED) is 0.252. The van der Waals surface area contributed by atoms with Gasteiger partial charge in [0.15, 0.2) is 11.6 Å². The number of phenols is 1. The number of anilines is 3. The summed E-state index contributed by atoms with van der Waals surface area (Å²) < 4.78 is 33.4. The highest BCUT2D eigenvalue weighted by molar-refractivity contribution is 7.86. The minimum atomic E-state index is -4.83. The van der Waals surface area contributed by atoms with Crippen LogP contribution in [0.3, 0.4) is 0 Å². The zero-order chi connectivity index (χ0) is 22.2. The summed E-state index contributed by atoms with van der Waals surface area (Å²) >= 11 is 0. The highest BCUT2D eigenvalue weighted by Gasteiger charge is 2.38. The van der Waals surface area contributed by atoms with Crippen molar-refractivity contribution in [3.63, 3.8) is 0 Å². The van der Waals surface area contributed by atoms with E-state index in [2.05, 4.69) is 11.9 Å². The number of benzene rings is 2. The summed E-state index contributed by atoms with van der Waals surface area (Å²) in [6.45, 7) is 5.10. The van der Waals surface area contributed by atoms with Crippen LogP contribution >= 0.6 is 0 Å². The lowest BCUT2D eigenvalue weighted by Gasteiger charge is -2.25. The molecule has 1 aliphatic rings. The lowest BCUT2D eigenvalue weighted by molar-refractivity contribution is 0.0973. The van der Waals surface area contributed by atoms with Crippen molar-refractivity contribution in [2.24, 2.45) is 0 Å². The van der Waals surface area contributed by atoms with Crippen molar-refractivity contribution >= 4 is 38.7 Å². The van der Waals surface area contributed by atoms with Crippen molar-refractivity contribution in [3.05, 3.63) is 77.4 Å². The van der Waals surface area contributed by atoms with Crippen LogP contribution in [-0.2, 0) is 10.1 Å². The molecule has 154 valence electrons. The van der Waals surface area contributed by atoms with Gasteiger partial charge in [0, 0.05) is 11.1 Å². The van der Waals surface area contributed by atoms with Gasteiger partial charge in [0.2, 0.25) is 0 Å². The van der Waals surface area contributed by atoms with E-state index in [9.17, 15) is 27.7 Å². The molecule has 9 heteroatoms. The Labute approximate surface area is 172 Å². The molecule has 8 nitrogen and oxygen atoms in total. The summed E-state index contributed by atoms with van der Waals surface area (Å²) in [6, 6.07) is 6.99. The van der Waals surface area contributed by atoms with Gasteiger partial charge in [-0.1, -0.05) is 36.9 Å². The number of Topliss-reactive ketones (excluding diaryl/α,β-unsaturated/α-hetero) is 2. The van der Waals surface area contributed by atoms with Gasteiger partial charge in [-0.25, -0.2) is 0 Å². The molecule has 0 heterocycles. The Kier molecular flexibility index (Phi) is 5.34. The maximum atomic E-state index is 13.2. The van der Waals surface area contributed by atoms with Gasteiger partial charge in [0.25, 0.3) is 10.1 Å². The summed E-state index contributed by atoms with van der Waals surface area (Å²) in [7, 11) is -4.83. The van der Waals surface area contributed by atoms with E-state index < -0.39 is 32.3 Å². The van der Waals surface area contributed by atoms with Gasteiger partial charge in [-0.15, -0.1) is 0 Å². The molecule has 0 bridgehead atoms. The van der Waals surface area contributed by atoms with Gasteiger partial charge in [-0.05, 0) is 25.1 Å². The second-order valence-electron chi connectivity index (χ2n) is 6.38. The summed E-state index contributed by atoms with van der Waals surface area (Å²) in [5, 5.41) is 12.8. The van der Waals surface area contributed by atoms with Crippen LogP contribution in [0.4, 0.5) is 17.1 Å². The van der Waals surface area contributed by atoms with Gasteiger partial charge in [-0.2, -0.15) is 8.42 Å². The van der Waals surface area contributed by atoms with Crippen LogP contribution in [0.5, 0.6) is 5.75 Å². The Morgan fingerprint density at radius 3 is 2.27 bits per heavy atom. The number of allylic oxidation sites excluding steroid dienone is 5. The molecule has 0 radical (unpaired) electrons. The van der Waals surface area contributed by atoms with Crippen LogP contribution in [0.1, 0.15) is 27.6 Å². The highest BCUT2D eigenvalue weighted by atomic mass is 32.2. The monoisotopic (exact) mass is 426 g/mol. The molecule has 0 atom stereocenters. The zero-order valence-corrected chi connectivity index (χ0v) is 16.7. The molecule has 5 N–H and O–H groups in total. The molecule has 0 aliphatic heterocycles. The summed E-state index contributed by atoms with van der Waals surface area (Å²) in [5.74, 6) is -1.45. The Hall–Kier alpha value is -3.69. The van der Waals surface area contributed by atoms with Crippen molar-refractivity contribution < 1.29 is 27.7 Å². The number of aromatic hydroxyl groups is 1. The minimum Gasteiger partial charge on any atom is -0.506 e. The largest absolute Gasteiger partial charge is 0.506 e.